The zero-order valence-corrected chi connectivity index (χ0v) is 9.20. The van der Waals surface area contributed by atoms with Crippen LogP contribution in [0.2, 0.25) is 0 Å². The zero-order chi connectivity index (χ0) is 11.6. The number of alkyl halides is 1. The Kier molecular flexibility index (Phi) is 3.31. The lowest BCUT2D eigenvalue weighted by Gasteiger charge is -2.26. The Bertz CT molecular complexity index is 262. The van der Waals surface area contributed by atoms with Gasteiger partial charge >= 0.3 is 6.09 Å². The van der Waals surface area contributed by atoms with E-state index in [1.54, 1.807) is 20.8 Å². The van der Waals surface area contributed by atoms with E-state index in [-0.39, 0.29) is 13.0 Å². The molecule has 1 fully saturated rings. The number of halogens is 1. The minimum atomic E-state index is -1.13. The van der Waals surface area contributed by atoms with Crippen molar-refractivity contribution >= 4 is 12.4 Å². The summed E-state index contributed by atoms with van der Waals surface area (Å²) in [7, 11) is 0. The first-order valence-electron chi connectivity index (χ1n) is 4.92. The van der Waals surface area contributed by atoms with Gasteiger partial charge in [-0.2, -0.15) is 0 Å². The predicted molar refractivity (Wildman–Crippen MR) is 52.3 cm³/mol. The number of aldehydes is 1. The van der Waals surface area contributed by atoms with E-state index < -0.39 is 23.9 Å². The van der Waals surface area contributed by atoms with Gasteiger partial charge in [-0.25, -0.2) is 9.18 Å². The van der Waals surface area contributed by atoms with Crippen LogP contribution in [0.3, 0.4) is 0 Å². The molecule has 15 heavy (non-hydrogen) atoms. The van der Waals surface area contributed by atoms with Crippen LogP contribution in [-0.2, 0) is 9.53 Å². The highest BCUT2D eigenvalue weighted by molar-refractivity contribution is 5.74. The fourth-order valence-electron chi connectivity index (χ4n) is 1.47. The van der Waals surface area contributed by atoms with Gasteiger partial charge in [0, 0.05) is 6.42 Å². The summed E-state index contributed by atoms with van der Waals surface area (Å²) in [4.78, 5) is 23.3. The SMILES string of the molecule is CC(C)(C)OC(=O)N1CC(F)CC1C=O. The Labute approximate surface area is 88.4 Å². The van der Waals surface area contributed by atoms with Crippen molar-refractivity contribution in [2.75, 3.05) is 6.54 Å². The second-order valence-corrected chi connectivity index (χ2v) is 4.67. The molecule has 1 heterocycles. The van der Waals surface area contributed by atoms with Crippen LogP contribution in [0.5, 0.6) is 0 Å². The molecule has 0 saturated carbocycles. The van der Waals surface area contributed by atoms with Gasteiger partial charge in [0.2, 0.25) is 0 Å². The minimum Gasteiger partial charge on any atom is -0.444 e. The molecule has 1 rings (SSSR count). The lowest BCUT2D eigenvalue weighted by Crippen LogP contribution is -2.40. The predicted octanol–water partition coefficient (Wildman–Crippen LogP) is 1.53. The molecule has 1 saturated heterocycles. The topological polar surface area (TPSA) is 46.6 Å². The Balaban J connectivity index is 2.63. The van der Waals surface area contributed by atoms with Gasteiger partial charge in [0.05, 0.1) is 12.6 Å². The van der Waals surface area contributed by atoms with Crippen molar-refractivity contribution in [3.05, 3.63) is 0 Å². The van der Waals surface area contributed by atoms with Gasteiger partial charge < -0.3 is 9.53 Å². The van der Waals surface area contributed by atoms with E-state index >= 15 is 0 Å². The van der Waals surface area contributed by atoms with E-state index in [1.165, 1.54) is 0 Å². The second kappa shape index (κ2) is 4.16. The minimum absolute atomic E-state index is 0.0572. The van der Waals surface area contributed by atoms with Gasteiger partial charge in [0.1, 0.15) is 18.1 Å². The molecular formula is C10H16FNO3. The van der Waals surface area contributed by atoms with Crippen molar-refractivity contribution < 1.29 is 18.7 Å². The summed E-state index contributed by atoms with van der Waals surface area (Å²) in [6.45, 7) is 5.12. The molecule has 0 spiro atoms. The molecule has 0 aliphatic carbocycles. The highest BCUT2D eigenvalue weighted by Crippen LogP contribution is 2.21. The Morgan fingerprint density at radius 1 is 1.53 bits per heavy atom. The molecule has 0 bridgehead atoms. The van der Waals surface area contributed by atoms with Crippen LogP contribution in [0.1, 0.15) is 27.2 Å². The number of nitrogens with zero attached hydrogens (tertiary/aromatic N) is 1. The van der Waals surface area contributed by atoms with Crippen molar-refractivity contribution in [3.8, 4) is 0 Å². The molecule has 86 valence electrons. The van der Waals surface area contributed by atoms with Crippen LogP contribution in [0.25, 0.3) is 0 Å². The normalized spacial score (nSPS) is 26.5. The van der Waals surface area contributed by atoms with E-state index in [4.69, 9.17) is 4.74 Å². The molecule has 0 aromatic heterocycles. The van der Waals surface area contributed by atoms with Crippen molar-refractivity contribution in [1.29, 1.82) is 0 Å². The van der Waals surface area contributed by atoms with Crippen molar-refractivity contribution in [2.24, 2.45) is 0 Å². The third-order valence-corrected chi connectivity index (χ3v) is 2.08. The van der Waals surface area contributed by atoms with E-state index in [9.17, 15) is 14.0 Å². The van der Waals surface area contributed by atoms with E-state index in [0.717, 1.165) is 4.90 Å². The maximum absolute atomic E-state index is 13.0. The molecule has 4 nitrogen and oxygen atoms in total. The molecular weight excluding hydrogens is 201 g/mol. The van der Waals surface area contributed by atoms with Crippen LogP contribution in [0, 0.1) is 0 Å². The van der Waals surface area contributed by atoms with Crippen LogP contribution < -0.4 is 0 Å². The summed E-state index contributed by atoms with van der Waals surface area (Å²) in [6.07, 6.45) is -1.10. The number of carbonyl (C=O) groups excluding carboxylic acids is 2. The molecule has 0 aromatic rings. The number of likely N-dealkylation sites (tertiary alicyclic amines) is 1. The first-order valence-corrected chi connectivity index (χ1v) is 4.92. The summed E-state index contributed by atoms with van der Waals surface area (Å²) >= 11 is 0. The summed E-state index contributed by atoms with van der Waals surface area (Å²) in [5.74, 6) is 0. The maximum atomic E-state index is 13.0. The monoisotopic (exact) mass is 217 g/mol. The van der Waals surface area contributed by atoms with Gasteiger partial charge in [-0.3, -0.25) is 4.90 Å². The summed E-state index contributed by atoms with van der Waals surface area (Å²) in [5.41, 5.74) is -0.626. The van der Waals surface area contributed by atoms with Crippen LogP contribution in [-0.4, -0.2) is 41.6 Å². The van der Waals surface area contributed by atoms with Gasteiger partial charge in [0.25, 0.3) is 0 Å². The first-order chi connectivity index (χ1) is 6.83. The number of hydrogen-bond donors (Lipinski definition) is 0. The lowest BCUT2D eigenvalue weighted by molar-refractivity contribution is -0.111. The largest absolute Gasteiger partial charge is 0.444 e. The fraction of sp³-hybridized carbons (Fsp3) is 0.800. The molecule has 1 amide bonds. The number of hydrogen-bond acceptors (Lipinski definition) is 3. The Morgan fingerprint density at radius 3 is 2.60 bits per heavy atom. The quantitative estimate of drug-likeness (QED) is 0.626. The Hall–Kier alpha value is -1.13. The zero-order valence-electron chi connectivity index (χ0n) is 9.20. The number of amides is 1. The Morgan fingerprint density at radius 2 is 2.13 bits per heavy atom. The maximum Gasteiger partial charge on any atom is 0.410 e. The van der Waals surface area contributed by atoms with Gasteiger partial charge in [-0.05, 0) is 20.8 Å². The third-order valence-electron chi connectivity index (χ3n) is 2.08. The van der Waals surface area contributed by atoms with Crippen LogP contribution in [0.4, 0.5) is 9.18 Å². The van der Waals surface area contributed by atoms with Crippen molar-refractivity contribution in [2.45, 2.75) is 45.0 Å². The van der Waals surface area contributed by atoms with E-state index in [2.05, 4.69) is 0 Å². The first kappa shape index (κ1) is 11.9. The van der Waals surface area contributed by atoms with Crippen molar-refractivity contribution in [1.82, 2.24) is 4.90 Å². The average Bonchev–Trinajstić information content (AvgIpc) is 2.43. The van der Waals surface area contributed by atoms with Crippen LogP contribution >= 0.6 is 0 Å². The lowest BCUT2D eigenvalue weighted by atomic mass is 10.2. The molecule has 0 aromatic carbocycles. The fourth-order valence-corrected chi connectivity index (χ4v) is 1.47. The summed E-state index contributed by atoms with van der Waals surface area (Å²) in [5, 5.41) is 0. The number of ether oxygens (including phenoxy) is 1. The molecule has 2 atom stereocenters. The molecule has 5 heteroatoms. The highest BCUT2D eigenvalue weighted by atomic mass is 19.1. The van der Waals surface area contributed by atoms with Gasteiger partial charge in [-0.1, -0.05) is 0 Å². The smallest absolute Gasteiger partial charge is 0.410 e. The number of carbonyl (C=O) groups is 2. The van der Waals surface area contributed by atoms with Crippen LogP contribution in [0.15, 0.2) is 0 Å². The van der Waals surface area contributed by atoms with Gasteiger partial charge in [-0.15, -0.1) is 0 Å². The molecule has 0 radical (unpaired) electrons. The molecule has 1 aliphatic heterocycles. The molecule has 1 aliphatic rings. The number of rotatable bonds is 1. The summed E-state index contributed by atoms with van der Waals surface area (Å²) < 4.78 is 18.1. The van der Waals surface area contributed by atoms with E-state index in [1.807, 2.05) is 0 Å². The second-order valence-electron chi connectivity index (χ2n) is 4.67. The molecule has 0 N–H and O–H groups in total. The third kappa shape index (κ3) is 3.18. The standard InChI is InChI=1S/C10H16FNO3/c1-10(2,3)15-9(14)12-5-7(11)4-8(12)6-13/h6-8H,4-5H2,1-3H3. The van der Waals surface area contributed by atoms with Crippen molar-refractivity contribution in [3.63, 3.8) is 0 Å². The highest BCUT2D eigenvalue weighted by Gasteiger charge is 2.37. The molecule has 2 unspecified atom stereocenters. The van der Waals surface area contributed by atoms with Gasteiger partial charge in [0.15, 0.2) is 0 Å². The van der Waals surface area contributed by atoms with E-state index in [0.29, 0.717) is 6.29 Å². The summed E-state index contributed by atoms with van der Waals surface area (Å²) in [6, 6.07) is -0.685. The average molecular weight is 217 g/mol.